The van der Waals surface area contributed by atoms with Crippen molar-refractivity contribution in [1.82, 2.24) is 4.90 Å². The lowest BCUT2D eigenvalue weighted by atomic mass is 9.81. The van der Waals surface area contributed by atoms with Crippen LogP contribution < -0.4 is 0 Å². The van der Waals surface area contributed by atoms with Gasteiger partial charge in [0.25, 0.3) is 0 Å². The van der Waals surface area contributed by atoms with Gasteiger partial charge in [-0.05, 0) is 12.5 Å². The number of rotatable bonds is 2. The minimum atomic E-state index is 0.0940. The summed E-state index contributed by atoms with van der Waals surface area (Å²) in [5.74, 6) is 2.31. The summed E-state index contributed by atoms with van der Waals surface area (Å²) in [5.41, 5.74) is 0. The van der Waals surface area contributed by atoms with E-state index in [9.17, 15) is 4.79 Å². The largest absolute Gasteiger partial charge is 0.501 e. The van der Waals surface area contributed by atoms with Gasteiger partial charge >= 0.3 is 0 Å². The SMILES string of the molecule is CC.COC1=CC=C[C@H]2CN(C(=O)C(C)C)CCC12. The zero-order valence-electron chi connectivity index (χ0n) is 12.8. The number of carbonyl (C=O) groups is 1. The molecule has 1 fully saturated rings. The second-order valence-electron chi connectivity index (χ2n) is 5.16. The molecular formula is C16H27NO2. The van der Waals surface area contributed by atoms with Crippen molar-refractivity contribution in [2.45, 2.75) is 34.1 Å². The van der Waals surface area contributed by atoms with Crippen LogP contribution >= 0.6 is 0 Å². The molecule has 3 nitrogen and oxygen atoms in total. The number of nitrogens with zero attached hydrogens (tertiary/aromatic N) is 1. The molecule has 0 radical (unpaired) electrons. The first-order valence-electron chi connectivity index (χ1n) is 7.34. The molecule has 0 N–H and O–H groups in total. The first-order valence-corrected chi connectivity index (χ1v) is 7.34. The molecule has 1 aliphatic carbocycles. The van der Waals surface area contributed by atoms with Crippen LogP contribution in [0.5, 0.6) is 0 Å². The molecule has 19 heavy (non-hydrogen) atoms. The number of likely N-dealkylation sites (tertiary alicyclic amines) is 1. The highest BCUT2D eigenvalue weighted by Crippen LogP contribution is 2.34. The van der Waals surface area contributed by atoms with Crippen molar-refractivity contribution >= 4 is 5.91 Å². The number of methoxy groups -OCH3 is 1. The van der Waals surface area contributed by atoms with E-state index >= 15 is 0 Å². The fourth-order valence-electron chi connectivity index (χ4n) is 2.73. The molecular weight excluding hydrogens is 238 g/mol. The molecule has 1 amide bonds. The topological polar surface area (TPSA) is 29.5 Å². The molecule has 0 bridgehead atoms. The number of piperidine rings is 1. The predicted molar refractivity (Wildman–Crippen MR) is 78.6 cm³/mol. The Morgan fingerprint density at radius 3 is 2.68 bits per heavy atom. The molecule has 0 saturated carbocycles. The van der Waals surface area contributed by atoms with Crippen LogP contribution in [0.25, 0.3) is 0 Å². The molecule has 1 saturated heterocycles. The van der Waals surface area contributed by atoms with Crippen LogP contribution in [0.15, 0.2) is 24.0 Å². The van der Waals surface area contributed by atoms with Crippen LogP contribution in [0.2, 0.25) is 0 Å². The molecule has 0 aromatic carbocycles. The van der Waals surface area contributed by atoms with Gasteiger partial charge in [-0.1, -0.05) is 39.8 Å². The summed E-state index contributed by atoms with van der Waals surface area (Å²) in [5, 5.41) is 0. The number of hydrogen-bond acceptors (Lipinski definition) is 2. The minimum absolute atomic E-state index is 0.0940. The molecule has 2 atom stereocenters. The molecule has 108 valence electrons. The van der Waals surface area contributed by atoms with Crippen LogP contribution in [0.3, 0.4) is 0 Å². The average molecular weight is 265 g/mol. The Labute approximate surface area is 117 Å². The Kier molecular flexibility index (Phi) is 6.13. The highest BCUT2D eigenvalue weighted by atomic mass is 16.5. The lowest BCUT2D eigenvalue weighted by Crippen LogP contribution is -2.45. The van der Waals surface area contributed by atoms with Crippen molar-refractivity contribution in [3.05, 3.63) is 24.0 Å². The molecule has 1 aliphatic heterocycles. The quantitative estimate of drug-likeness (QED) is 0.767. The lowest BCUT2D eigenvalue weighted by molar-refractivity contribution is -0.136. The number of carbonyl (C=O) groups excluding carboxylic acids is 1. The second-order valence-corrected chi connectivity index (χ2v) is 5.16. The van der Waals surface area contributed by atoms with Gasteiger partial charge in [-0.25, -0.2) is 0 Å². The van der Waals surface area contributed by atoms with Crippen molar-refractivity contribution in [1.29, 1.82) is 0 Å². The summed E-state index contributed by atoms with van der Waals surface area (Å²) in [6, 6.07) is 0. The summed E-state index contributed by atoms with van der Waals surface area (Å²) in [6.07, 6.45) is 7.30. The van der Waals surface area contributed by atoms with E-state index in [1.807, 2.05) is 44.7 Å². The van der Waals surface area contributed by atoms with E-state index in [4.69, 9.17) is 4.74 Å². The highest BCUT2D eigenvalue weighted by Gasteiger charge is 2.34. The van der Waals surface area contributed by atoms with Crippen LogP contribution in [0, 0.1) is 17.8 Å². The fraction of sp³-hybridized carbons (Fsp3) is 0.688. The van der Waals surface area contributed by atoms with Crippen LogP contribution in [-0.4, -0.2) is 31.0 Å². The standard InChI is InChI=1S/C14H21NO2.C2H6/c1-10(2)14(16)15-8-7-12-11(9-15)5-4-6-13(12)17-3;1-2/h4-6,10-12H,7-9H2,1-3H3;1-2H3/t11-,12?;/m0./s1. The maximum atomic E-state index is 12.0. The Morgan fingerprint density at radius 2 is 2.11 bits per heavy atom. The summed E-state index contributed by atoms with van der Waals surface area (Å²) in [6.45, 7) is 9.61. The zero-order valence-corrected chi connectivity index (χ0v) is 12.8. The van der Waals surface area contributed by atoms with Gasteiger partial charge in [0, 0.05) is 30.8 Å². The number of fused-ring (bicyclic) bond motifs is 1. The van der Waals surface area contributed by atoms with E-state index < -0.39 is 0 Å². The first-order chi connectivity index (χ1) is 9.13. The molecule has 3 heteroatoms. The maximum Gasteiger partial charge on any atom is 0.225 e. The number of ether oxygens (including phenoxy) is 1. The minimum Gasteiger partial charge on any atom is -0.501 e. The van der Waals surface area contributed by atoms with Gasteiger partial charge in [-0.2, -0.15) is 0 Å². The van der Waals surface area contributed by atoms with E-state index in [1.54, 1.807) is 7.11 Å². The second kappa shape index (κ2) is 7.37. The zero-order chi connectivity index (χ0) is 14.4. The van der Waals surface area contributed by atoms with Gasteiger partial charge in [-0.3, -0.25) is 4.79 Å². The molecule has 1 unspecified atom stereocenters. The third-order valence-corrected chi connectivity index (χ3v) is 3.68. The van der Waals surface area contributed by atoms with Gasteiger partial charge in [0.05, 0.1) is 12.9 Å². The summed E-state index contributed by atoms with van der Waals surface area (Å²) in [4.78, 5) is 14.0. The van der Waals surface area contributed by atoms with Crippen molar-refractivity contribution in [2.24, 2.45) is 17.8 Å². The van der Waals surface area contributed by atoms with Crippen molar-refractivity contribution < 1.29 is 9.53 Å². The van der Waals surface area contributed by atoms with Gasteiger partial charge in [-0.15, -0.1) is 0 Å². The Hall–Kier alpha value is -1.25. The molecule has 0 aromatic heterocycles. The third kappa shape index (κ3) is 3.62. The average Bonchev–Trinajstić information content (AvgIpc) is 2.47. The molecule has 1 heterocycles. The predicted octanol–water partition coefficient (Wildman–Crippen LogP) is 3.23. The third-order valence-electron chi connectivity index (χ3n) is 3.68. The van der Waals surface area contributed by atoms with Crippen LogP contribution in [0.1, 0.15) is 34.1 Å². The Morgan fingerprint density at radius 1 is 1.42 bits per heavy atom. The Bertz CT molecular complexity index is 358. The van der Waals surface area contributed by atoms with Crippen molar-refractivity contribution in [3.63, 3.8) is 0 Å². The highest BCUT2D eigenvalue weighted by molar-refractivity contribution is 5.78. The van der Waals surface area contributed by atoms with E-state index in [2.05, 4.69) is 6.08 Å². The van der Waals surface area contributed by atoms with Gasteiger partial charge in [0.2, 0.25) is 5.91 Å². The lowest BCUT2D eigenvalue weighted by Gasteiger charge is -2.39. The number of amides is 1. The van der Waals surface area contributed by atoms with E-state index in [1.165, 1.54) is 0 Å². The summed E-state index contributed by atoms with van der Waals surface area (Å²) >= 11 is 0. The molecule has 2 rings (SSSR count). The molecule has 2 aliphatic rings. The van der Waals surface area contributed by atoms with Crippen molar-refractivity contribution in [3.8, 4) is 0 Å². The van der Waals surface area contributed by atoms with Crippen LogP contribution in [-0.2, 0) is 9.53 Å². The number of hydrogen-bond donors (Lipinski definition) is 0. The van der Waals surface area contributed by atoms with Gasteiger partial charge in [0.15, 0.2) is 0 Å². The summed E-state index contributed by atoms with van der Waals surface area (Å²) < 4.78 is 5.41. The summed E-state index contributed by atoms with van der Waals surface area (Å²) in [7, 11) is 1.73. The first kappa shape index (κ1) is 15.8. The van der Waals surface area contributed by atoms with E-state index in [-0.39, 0.29) is 11.8 Å². The van der Waals surface area contributed by atoms with Gasteiger partial charge < -0.3 is 9.64 Å². The smallest absolute Gasteiger partial charge is 0.225 e. The molecule has 0 aromatic rings. The normalized spacial score (nSPS) is 25.2. The molecule has 0 spiro atoms. The van der Waals surface area contributed by atoms with E-state index in [0.29, 0.717) is 11.8 Å². The van der Waals surface area contributed by atoms with E-state index in [0.717, 1.165) is 25.3 Å². The number of allylic oxidation sites excluding steroid dienone is 3. The Balaban J connectivity index is 0.000000861. The fourth-order valence-corrected chi connectivity index (χ4v) is 2.73. The van der Waals surface area contributed by atoms with Crippen molar-refractivity contribution in [2.75, 3.05) is 20.2 Å². The monoisotopic (exact) mass is 265 g/mol. The van der Waals surface area contributed by atoms with Crippen LogP contribution in [0.4, 0.5) is 0 Å². The van der Waals surface area contributed by atoms with Gasteiger partial charge in [0.1, 0.15) is 0 Å². The maximum absolute atomic E-state index is 12.0.